The van der Waals surface area contributed by atoms with Crippen molar-refractivity contribution in [1.82, 2.24) is 10.2 Å². The third kappa shape index (κ3) is 19.6. The van der Waals surface area contributed by atoms with Gasteiger partial charge in [-0.1, -0.05) is 118 Å². The van der Waals surface area contributed by atoms with E-state index in [1.807, 2.05) is 41.5 Å². The van der Waals surface area contributed by atoms with Crippen LogP contribution in [0.5, 0.6) is 0 Å². The number of carbonyl (C=O) groups excluding carboxylic acids is 2. The number of imide groups is 1. The van der Waals surface area contributed by atoms with Gasteiger partial charge >= 0.3 is 12.0 Å². The Labute approximate surface area is 222 Å². The molecule has 0 saturated heterocycles. The standard InChI is InChI=1S/C30H58N2O4/c1-8-9-10-11-12-13-14-15-16-17-18-19-20-21-22-25(23-26(33)34)27(35)32(24-29(2,3)4)28(36)31-30(5,6)7/h25H,8-24H2,1-7H3,(H,31,36)(H,33,34). The second-order valence-corrected chi connectivity index (χ2v) is 12.8. The highest BCUT2D eigenvalue weighted by molar-refractivity contribution is 5.97. The molecule has 212 valence electrons. The molecule has 0 heterocycles. The Morgan fingerprint density at radius 3 is 1.50 bits per heavy atom. The van der Waals surface area contributed by atoms with Crippen molar-refractivity contribution in [2.75, 3.05) is 6.54 Å². The highest BCUT2D eigenvalue weighted by Gasteiger charge is 2.34. The summed E-state index contributed by atoms with van der Waals surface area (Å²) < 4.78 is 0. The molecule has 0 spiro atoms. The Morgan fingerprint density at radius 1 is 0.722 bits per heavy atom. The quantitative estimate of drug-likeness (QED) is 0.171. The highest BCUT2D eigenvalue weighted by atomic mass is 16.4. The largest absolute Gasteiger partial charge is 0.481 e. The molecule has 0 fully saturated rings. The van der Waals surface area contributed by atoms with Crippen molar-refractivity contribution in [3.05, 3.63) is 0 Å². The molecular weight excluding hydrogens is 452 g/mol. The van der Waals surface area contributed by atoms with Crippen LogP contribution in [0, 0.1) is 11.3 Å². The Hall–Kier alpha value is -1.59. The number of carboxylic acids is 1. The number of unbranched alkanes of at least 4 members (excludes halogenated alkanes) is 13. The molecule has 3 amide bonds. The number of nitrogens with one attached hydrogen (secondary N) is 1. The number of carbonyl (C=O) groups is 3. The Balaban J connectivity index is 4.51. The van der Waals surface area contributed by atoms with E-state index >= 15 is 0 Å². The molecule has 0 rings (SSSR count). The van der Waals surface area contributed by atoms with E-state index in [9.17, 15) is 19.5 Å². The minimum atomic E-state index is -0.995. The van der Waals surface area contributed by atoms with Gasteiger partial charge in [-0.25, -0.2) is 4.79 Å². The molecule has 6 heteroatoms. The summed E-state index contributed by atoms with van der Waals surface area (Å²) in [5.41, 5.74) is -0.766. The number of amides is 3. The van der Waals surface area contributed by atoms with Gasteiger partial charge in [0, 0.05) is 18.0 Å². The van der Waals surface area contributed by atoms with Crippen LogP contribution < -0.4 is 5.32 Å². The average molecular weight is 511 g/mol. The van der Waals surface area contributed by atoms with Crippen molar-refractivity contribution in [2.45, 2.75) is 157 Å². The van der Waals surface area contributed by atoms with Crippen LogP contribution in [-0.4, -0.2) is 40.0 Å². The Kier molecular flexibility index (Phi) is 17.8. The number of rotatable bonds is 19. The predicted octanol–water partition coefficient (Wildman–Crippen LogP) is 8.33. The van der Waals surface area contributed by atoms with E-state index in [1.54, 1.807) is 0 Å². The van der Waals surface area contributed by atoms with Gasteiger partial charge in [-0.15, -0.1) is 0 Å². The van der Waals surface area contributed by atoms with Gasteiger partial charge in [0.25, 0.3) is 0 Å². The lowest BCUT2D eigenvalue weighted by atomic mass is 9.92. The van der Waals surface area contributed by atoms with E-state index in [0.29, 0.717) is 6.42 Å². The number of nitrogens with zero attached hydrogens (tertiary/aromatic N) is 1. The zero-order valence-corrected chi connectivity index (χ0v) is 24.7. The van der Waals surface area contributed by atoms with Crippen LogP contribution in [0.2, 0.25) is 0 Å². The average Bonchev–Trinajstić information content (AvgIpc) is 2.74. The SMILES string of the molecule is CCCCCCCCCCCCCCCCC(CC(=O)O)C(=O)N(CC(C)(C)C)C(=O)NC(C)(C)C. The molecule has 0 radical (unpaired) electrons. The summed E-state index contributed by atoms with van der Waals surface area (Å²) in [5, 5.41) is 12.3. The summed E-state index contributed by atoms with van der Waals surface area (Å²) in [7, 11) is 0. The maximum atomic E-state index is 13.4. The fourth-order valence-corrected chi connectivity index (χ4v) is 4.44. The van der Waals surface area contributed by atoms with Crippen molar-refractivity contribution in [3.8, 4) is 0 Å². The molecule has 0 aromatic carbocycles. The minimum absolute atomic E-state index is 0.235. The molecule has 36 heavy (non-hydrogen) atoms. The molecule has 1 atom stereocenters. The third-order valence-corrected chi connectivity index (χ3v) is 6.30. The molecule has 0 aliphatic carbocycles. The molecule has 0 aliphatic heterocycles. The van der Waals surface area contributed by atoms with Gasteiger partial charge in [0.2, 0.25) is 5.91 Å². The van der Waals surface area contributed by atoms with Gasteiger partial charge in [-0.05, 0) is 32.6 Å². The summed E-state index contributed by atoms with van der Waals surface area (Å²) in [5.74, 6) is -2.04. The summed E-state index contributed by atoms with van der Waals surface area (Å²) in [6, 6.07) is -0.446. The summed E-state index contributed by atoms with van der Waals surface area (Å²) in [4.78, 5) is 39.0. The number of aliphatic carboxylic acids is 1. The van der Waals surface area contributed by atoms with Crippen LogP contribution in [0.4, 0.5) is 4.79 Å². The summed E-state index contributed by atoms with van der Waals surface area (Å²) in [6.45, 7) is 14.0. The number of hydrogen-bond donors (Lipinski definition) is 2. The van der Waals surface area contributed by atoms with E-state index < -0.39 is 23.5 Å². The first-order valence-corrected chi connectivity index (χ1v) is 14.6. The molecule has 6 nitrogen and oxygen atoms in total. The number of urea groups is 1. The minimum Gasteiger partial charge on any atom is -0.481 e. The first-order chi connectivity index (χ1) is 16.8. The summed E-state index contributed by atoms with van der Waals surface area (Å²) >= 11 is 0. The lowest BCUT2D eigenvalue weighted by Gasteiger charge is -2.33. The normalized spacial score (nSPS) is 12.9. The van der Waals surface area contributed by atoms with Crippen LogP contribution in [-0.2, 0) is 9.59 Å². The number of hydrogen-bond acceptors (Lipinski definition) is 3. The lowest BCUT2D eigenvalue weighted by molar-refractivity contribution is -0.144. The van der Waals surface area contributed by atoms with Gasteiger partial charge in [-0.3, -0.25) is 14.5 Å². The van der Waals surface area contributed by atoms with Gasteiger partial charge < -0.3 is 10.4 Å². The van der Waals surface area contributed by atoms with E-state index in [1.165, 1.54) is 75.5 Å². The summed E-state index contributed by atoms with van der Waals surface area (Å²) in [6.07, 6.45) is 17.8. The van der Waals surface area contributed by atoms with Gasteiger partial charge in [0.1, 0.15) is 0 Å². The fourth-order valence-electron chi connectivity index (χ4n) is 4.44. The number of carboxylic acid groups (broad SMARTS) is 1. The fraction of sp³-hybridized carbons (Fsp3) is 0.900. The van der Waals surface area contributed by atoms with Crippen molar-refractivity contribution >= 4 is 17.9 Å². The second-order valence-electron chi connectivity index (χ2n) is 12.8. The molecule has 0 bridgehead atoms. The smallest absolute Gasteiger partial charge is 0.324 e. The topological polar surface area (TPSA) is 86.7 Å². The Morgan fingerprint density at radius 2 is 1.14 bits per heavy atom. The van der Waals surface area contributed by atoms with Crippen LogP contribution in [0.3, 0.4) is 0 Å². The van der Waals surface area contributed by atoms with Gasteiger partial charge in [0.05, 0.1) is 6.42 Å². The molecular formula is C30H58N2O4. The zero-order chi connectivity index (χ0) is 27.6. The molecule has 0 aromatic heterocycles. The first kappa shape index (κ1) is 34.4. The molecule has 1 unspecified atom stereocenters. The monoisotopic (exact) mass is 510 g/mol. The molecule has 2 N–H and O–H groups in total. The van der Waals surface area contributed by atoms with Crippen molar-refractivity contribution < 1.29 is 19.5 Å². The maximum absolute atomic E-state index is 13.4. The van der Waals surface area contributed by atoms with E-state index in [2.05, 4.69) is 12.2 Å². The van der Waals surface area contributed by atoms with Crippen LogP contribution in [0.15, 0.2) is 0 Å². The predicted molar refractivity (Wildman–Crippen MR) is 150 cm³/mol. The Bertz CT molecular complexity index is 619. The third-order valence-electron chi connectivity index (χ3n) is 6.30. The lowest BCUT2D eigenvalue weighted by Crippen LogP contribution is -2.54. The van der Waals surface area contributed by atoms with E-state index in [4.69, 9.17) is 0 Å². The van der Waals surface area contributed by atoms with Gasteiger partial charge in [0.15, 0.2) is 0 Å². The first-order valence-electron chi connectivity index (χ1n) is 14.6. The van der Waals surface area contributed by atoms with E-state index in [-0.39, 0.29) is 24.3 Å². The van der Waals surface area contributed by atoms with Crippen LogP contribution in [0.1, 0.15) is 151 Å². The maximum Gasteiger partial charge on any atom is 0.324 e. The molecule has 0 aliphatic rings. The van der Waals surface area contributed by atoms with Crippen molar-refractivity contribution in [3.63, 3.8) is 0 Å². The second kappa shape index (κ2) is 18.6. The van der Waals surface area contributed by atoms with Crippen LogP contribution >= 0.6 is 0 Å². The molecule has 0 saturated carbocycles. The molecule has 0 aromatic rings. The zero-order valence-electron chi connectivity index (χ0n) is 24.7. The van der Waals surface area contributed by atoms with Gasteiger partial charge in [-0.2, -0.15) is 0 Å². The highest BCUT2D eigenvalue weighted by Crippen LogP contribution is 2.23. The van der Waals surface area contributed by atoms with Crippen LogP contribution in [0.25, 0.3) is 0 Å². The van der Waals surface area contributed by atoms with E-state index in [0.717, 1.165) is 19.3 Å². The van der Waals surface area contributed by atoms with Crippen molar-refractivity contribution in [1.29, 1.82) is 0 Å². The van der Waals surface area contributed by atoms with Crippen molar-refractivity contribution in [2.24, 2.45) is 11.3 Å².